The van der Waals surface area contributed by atoms with Crippen molar-refractivity contribution < 1.29 is 23.9 Å². The van der Waals surface area contributed by atoms with Crippen LogP contribution in [-0.4, -0.2) is 38.0 Å². The third-order valence-electron chi connectivity index (χ3n) is 2.87. The Morgan fingerprint density at radius 3 is 2.76 bits per heavy atom. The molecule has 1 aliphatic carbocycles. The number of aldehydes is 1. The third-order valence-corrected chi connectivity index (χ3v) is 2.87. The van der Waals surface area contributed by atoms with Gasteiger partial charge >= 0.3 is 6.03 Å². The lowest BCUT2D eigenvalue weighted by Crippen LogP contribution is -2.42. The van der Waals surface area contributed by atoms with Crippen molar-refractivity contribution in [3.63, 3.8) is 0 Å². The molecule has 0 saturated heterocycles. The fourth-order valence-electron chi connectivity index (χ4n) is 1.63. The van der Waals surface area contributed by atoms with E-state index in [-0.39, 0.29) is 24.0 Å². The van der Waals surface area contributed by atoms with Gasteiger partial charge in [0.1, 0.15) is 11.5 Å². The Kier molecular flexibility index (Phi) is 4.76. The Labute approximate surface area is 121 Å². The van der Waals surface area contributed by atoms with Crippen molar-refractivity contribution in [2.45, 2.75) is 18.9 Å². The van der Waals surface area contributed by atoms with Gasteiger partial charge in [0.05, 0.1) is 12.7 Å². The first-order chi connectivity index (χ1) is 10.1. The van der Waals surface area contributed by atoms with Gasteiger partial charge in [-0.05, 0) is 31.0 Å². The highest BCUT2D eigenvalue weighted by atomic mass is 16.5. The Bertz CT molecular complexity index is 554. The normalized spacial score (nSPS) is 13.2. The second-order valence-corrected chi connectivity index (χ2v) is 4.61. The molecule has 1 aromatic rings. The average Bonchev–Trinajstić information content (AvgIpc) is 3.28. The monoisotopic (exact) mass is 292 g/mol. The van der Waals surface area contributed by atoms with Crippen LogP contribution in [0.2, 0.25) is 0 Å². The van der Waals surface area contributed by atoms with Crippen LogP contribution < -0.4 is 20.1 Å². The number of urea groups is 1. The molecule has 1 saturated carbocycles. The molecule has 7 nitrogen and oxygen atoms in total. The minimum absolute atomic E-state index is 0.168. The Morgan fingerprint density at radius 2 is 2.14 bits per heavy atom. The van der Waals surface area contributed by atoms with Crippen molar-refractivity contribution in [3.8, 4) is 11.5 Å². The molecule has 0 aliphatic heterocycles. The molecule has 0 bridgehead atoms. The molecule has 7 heteroatoms. The lowest BCUT2D eigenvalue weighted by Gasteiger charge is -2.10. The van der Waals surface area contributed by atoms with Gasteiger partial charge in [0.15, 0.2) is 12.9 Å². The molecule has 1 fully saturated rings. The van der Waals surface area contributed by atoms with Gasteiger partial charge in [0.25, 0.3) is 5.91 Å². The summed E-state index contributed by atoms with van der Waals surface area (Å²) in [6.45, 7) is -0.356. The molecule has 0 aromatic heterocycles. The van der Waals surface area contributed by atoms with Gasteiger partial charge in [0.2, 0.25) is 0 Å². The van der Waals surface area contributed by atoms with Gasteiger partial charge < -0.3 is 14.8 Å². The molecule has 0 atom stereocenters. The number of hydrogen-bond donors (Lipinski definition) is 2. The molecule has 2 rings (SSSR count). The zero-order valence-electron chi connectivity index (χ0n) is 11.5. The molecule has 0 spiro atoms. The van der Waals surface area contributed by atoms with E-state index in [1.807, 2.05) is 0 Å². The predicted molar refractivity (Wildman–Crippen MR) is 73.6 cm³/mol. The van der Waals surface area contributed by atoms with Crippen LogP contribution in [0.3, 0.4) is 0 Å². The van der Waals surface area contributed by atoms with Crippen LogP contribution in [0, 0.1) is 0 Å². The molecule has 3 amide bonds. The van der Waals surface area contributed by atoms with Gasteiger partial charge in [-0.25, -0.2) is 4.79 Å². The first kappa shape index (κ1) is 14.8. The van der Waals surface area contributed by atoms with Crippen LogP contribution in [0.25, 0.3) is 0 Å². The van der Waals surface area contributed by atoms with E-state index >= 15 is 0 Å². The molecular formula is C14H16N2O5. The van der Waals surface area contributed by atoms with E-state index in [0.717, 1.165) is 12.8 Å². The van der Waals surface area contributed by atoms with E-state index < -0.39 is 11.9 Å². The van der Waals surface area contributed by atoms with Crippen molar-refractivity contribution in [1.82, 2.24) is 10.6 Å². The van der Waals surface area contributed by atoms with Crippen LogP contribution in [-0.2, 0) is 4.79 Å². The largest absolute Gasteiger partial charge is 0.497 e. The SMILES string of the molecule is COc1ccc(OCC(=O)NC(=O)NC2CC2)c(C=O)c1. The maximum Gasteiger partial charge on any atom is 0.321 e. The second kappa shape index (κ2) is 6.74. The molecule has 21 heavy (non-hydrogen) atoms. The van der Waals surface area contributed by atoms with Gasteiger partial charge in [-0.15, -0.1) is 0 Å². The molecule has 0 unspecified atom stereocenters. The number of carbonyl (C=O) groups excluding carboxylic acids is 3. The van der Waals surface area contributed by atoms with E-state index in [2.05, 4.69) is 10.6 Å². The fourth-order valence-corrected chi connectivity index (χ4v) is 1.63. The molecular weight excluding hydrogens is 276 g/mol. The molecule has 2 N–H and O–H groups in total. The number of ether oxygens (including phenoxy) is 2. The Morgan fingerprint density at radius 1 is 1.38 bits per heavy atom. The predicted octanol–water partition coefficient (Wildman–Crippen LogP) is 0.875. The maximum atomic E-state index is 11.5. The summed E-state index contributed by atoms with van der Waals surface area (Å²) in [5.74, 6) is 0.182. The number of amides is 3. The number of imide groups is 1. The van der Waals surface area contributed by atoms with Crippen LogP contribution in [0.15, 0.2) is 18.2 Å². The highest BCUT2D eigenvalue weighted by Crippen LogP contribution is 2.22. The van der Waals surface area contributed by atoms with E-state index in [4.69, 9.17) is 9.47 Å². The van der Waals surface area contributed by atoms with Crippen molar-refractivity contribution in [1.29, 1.82) is 0 Å². The van der Waals surface area contributed by atoms with Crippen molar-refractivity contribution in [2.75, 3.05) is 13.7 Å². The summed E-state index contributed by atoms with van der Waals surface area (Å²) in [6, 6.07) is 4.28. The fraction of sp³-hybridized carbons (Fsp3) is 0.357. The number of methoxy groups -OCH3 is 1. The number of nitrogens with one attached hydrogen (secondary N) is 2. The molecule has 112 valence electrons. The van der Waals surface area contributed by atoms with E-state index in [1.165, 1.54) is 19.2 Å². The van der Waals surface area contributed by atoms with Gasteiger partial charge in [-0.3, -0.25) is 14.9 Å². The molecule has 1 aliphatic rings. The summed E-state index contributed by atoms with van der Waals surface area (Å²) in [7, 11) is 1.48. The quantitative estimate of drug-likeness (QED) is 0.759. The first-order valence-electron chi connectivity index (χ1n) is 6.48. The van der Waals surface area contributed by atoms with Gasteiger partial charge in [0, 0.05) is 6.04 Å². The Balaban J connectivity index is 1.85. The van der Waals surface area contributed by atoms with Crippen LogP contribution in [0.5, 0.6) is 11.5 Å². The summed E-state index contributed by atoms with van der Waals surface area (Å²) in [4.78, 5) is 33.8. The summed E-state index contributed by atoms with van der Waals surface area (Å²) in [6.07, 6.45) is 2.48. The van der Waals surface area contributed by atoms with Crippen LogP contribution in [0.1, 0.15) is 23.2 Å². The number of benzene rings is 1. The topological polar surface area (TPSA) is 93.7 Å². The van der Waals surface area contributed by atoms with Crippen LogP contribution >= 0.6 is 0 Å². The summed E-state index contributed by atoms with van der Waals surface area (Å²) < 4.78 is 10.2. The van der Waals surface area contributed by atoms with Crippen molar-refractivity contribution in [2.24, 2.45) is 0 Å². The zero-order valence-corrected chi connectivity index (χ0v) is 11.5. The second-order valence-electron chi connectivity index (χ2n) is 4.61. The molecule has 0 heterocycles. The zero-order chi connectivity index (χ0) is 15.2. The van der Waals surface area contributed by atoms with E-state index in [0.29, 0.717) is 12.0 Å². The van der Waals surface area contributed by atoms with Gasteiger partial charge in [-0.1, -0.05) is 0 Å². The summed E-state index contributed by atoms with van der Waals surface area (Å²) >= 11 is 0. The summed E-state index contributed by atoms with van der Waals surface area (Å²) in [5, 5.41) is 4.78. The highest BCUT2D eigenvalue weighted by molar-refractivity contribution is 5.95. The number of rotatable bonds is 6. The Hall–Kier alpha value is -2.57. The lowest BCUT2D eigenvalue weighted by molar-refractivity contribution is -0.122. The third kappa shape index (κ3) is 4.48. The lowest BCUT2D eigenvalue weighted by atomic mass is 10.2. The van der Waals surface area contributed by atoms with Crippen LogP contribution in [0.4, 0.5) is 4.79 Å². The maximum absolute atomic E-state index is 11.5. The van der Waals surface area contributed by atoms with Crippen molar-refractivity contribution >= 4 is 18.2 Å². The smallest absolute Gasteiger partial charge is 0.321 e. The summed E-state index contributed by atoms with van der Waals surface area (Å²) in [5.41, 5.74) is 0.268. The average molecular weight is 292 g/mol. The molecule has 1 aromatic carbocycles. The van der Waals surface area contributed by atoms with E-state index in [1.54, 1.807) is 6.07 Å². The minimum atomic E-state index is -0.583. The minimum Gasteiger partial charge on any atom is -0.497 e. The van der Waals surface area contributed by atoms with Crippen molar-refractivity contribution in [3.05, 3.63) is 23.8 Å². The standard InChI is InChI=1S/C14H16N2O5/c1-20-11-4-5-12(9(6-11)7-17)21-8-13(18)16-14(19)15-10-2-3-10/h4-7,10H,2-3,8H2,1H3,(H2,15,16,18,19). The van der Waals surface area contributed by atoms with E-state index in [9.17, 15) is 14.4 Å². The first-order valence-corrected chi connectivity index (χ1v) is 6.48. The highest BCUT2D eigenvalue weighted by Gasteiger charge is 2.23. The number of hydrogen-bond acceptors (Lipinski definition) is 5. The molecule has 0 radical (unpaired) electrons. The number of carbonyl (C=O) groups is 3. The van der Waals surface area contributed by atoms with Gasteiger partial charge in [-0.2, -0.15) is 0 Å².